The summed E-state index contributed by atoms with van der Waals surface area (Å²) in [7, 11) is 0. The standard InChI is InChI=1S/C23H22N2O3S/c26-22(11-9-16-8-10-19-20(15-16)28-14-13-27-19)25-12-4-3-6-18(25)23-24-17-5-1-2-7-21(17)29-23/h1-2,5,7-11,15,18H,3-4,6,12-14H2/b11-9+. The van der Waals surface area contributed by atoms with Crippen molar-refractivity contribution in [2.45, 2.75) is 25.3 Å². The first-order chi connectivity index (χ1) is 14.3. The molecule has 1 fully saturated rings. The summed E-state index contributed by atoms with van der Waals surface area (Å²) in [5, 5.41) is 1.03. The Labute approximate surface area is 173 Å². The largest absolute Gasteiger partial charge is 0.486 e. The van der Waals surface area contributed by atoms with Crippen LogP contribution in [0.25, 0.3) is 16.3 Å². The molecule has 1 amide bonds. The van der Waals surface area contributed by atoms with Gasteiger partial charge in [0.15, 0.2) is 11.5 Å². The summed E-state index contributed by atoms with van der Waals surface area (Å²) >= 11 is 1.70. The van der Waals surface area contributed by atoms with Crippen molar-refractivity contribution in [3.8, 4) is 11.5 Å². The molecular weight excluding hydrogens is 384 g/mol. The Morgan fingerprint density at radius 2 is 1.97 bits per heavy atom. The minimum atomic E-state index is 0.0313. The van der Waals surface area contributed by atoms with Crippen molar-refractivity contribution in [2.24, 2.45) is 0 Å². The number of aromatic nitrogens is 1. The van der Waals surface area contributed by atoms with Gasteiger partial charge in [0.05, 0.1) is 16.3 Å². The number of amides is 1. The molecule has 2 aliphatic rings. The van der Waals surface area contributed by atoms with Crippen molar-refractivity contribution < 1.29 is 14.3 Å². The fourth-order valence-corrected chi connectivity index (χ4v) is 5.03. The Morgan fingerprint density at radius 3 is 2.86 bits per heavy atom. The number of thiazole rings is 1. The van der Waals surface area contributed by atoms with E-state index in [0.29, 0.717) is 13.2 Å². The highest BCUT2D eigenvalue weighted by Gasteiger charge is 2.29. The predicted octanol–water partition coefficient (Wildman–Crippen LogP) is 4.83. The van der Waals surface area contributed by atoms with Crippen LogP contribution in [0.15, 0.2) is 48.5 Å². The van der Waals surface area contributed by atoms with E-state index < -0.39 is 0 Å². The van der Waals surface area contributed by atoms with Gasteiger partial charge in [0.25, 0.3) is 0 Å². The molecule has 2 aliphatic heterocycles. The van der Waals surface area contributed by atoms with Gasteiger partial charge < -0.3 is 14.4 Å². The van der Waals surface area contributed by atoms with Crippen LogP contribution in [0.1, 0.15) is 35.9 Å². The van der Waals surface area contributed by atoms with E-state index in [0.717, 1.165) is 53.4 Å². The van der Waals surface area contributed by atoms with E-state index in [-0.39, 0.29) is 11.9 Å². The number of para-hydroxylation sites is 1. The smallest absolute Gasteiger partial charge is 0.247 e. The van der Waals surface area contributed by atoms with Crippen LogP contribution in [0, 0.1) is 0 Å². The van der Waals surface area contributed by atoms with E-state index in [2.05, 4.69) is 6.07 Å². The molecule has 0 aliphatic carbocycles. The normalized spacial score (nSPS) is 19.0. The van der Waals surface area contributed by atoms with Crippen LogP contribution in [-0.4, -0.2) is 35.5 Å². The Bertz CT molecular complexity index is 1040. The third kappa shape index (κ3) is 3.72. The molecule has 1 saturated heterocycles. The molecule has 5 rings (SSSR count). The van der Waals surface area contributed by atoms with Crippen molar-refractivity contribution in [3.05, 3.63) is 59.1 Å². The van der Waals surface area contributed by atoms with E-state index in [4.69, 9.17) is 14.5 Å². The zero-order valence-corrected chi connectivity index (χ0v) is 16.9. The molecule has 148 valence electrons. The second-order valence-electron chi connectivity index (χ2n) is 7.30. The lowest BCUT2D eigenvalue weighted by molar-refractivity contribution is -0.129. The number of ether oxygens (including phenoxy) is 2. The molecular formula is C23H22N2O3S. The first-order valence-electron chi connectivity index (χ1n) is 10.0. The van der Waals surface area contributed by atoms with Crippen LogP contribution in [0.2, 0.25) is 0 Å². The maximum absolute atomic E-state index is 13.0. The number of hydrogen-bond acceptors (Lipinski definition) is 5. The maximum atomic E-state index is 13.0. The summed E-state index contributed by atoms with van der Waals surface area (Å²) in [4.78, 5) is 19.8. The number of piperidine rings is 1. The van der Waals surface area contributed by atoms with Crippen molar-refractivity contribution in [2.75, 3.05) is 19.8 Å². The molecule has 0 bridgehead atoms. The first kappa shape index (κ1) is 18.2. The Balaban J connectivity index is 1.36. The highest BCUT2D eigenvalue weighted by atomic mass is 32.1. The summed E-state index contributed by atoms with van der Waals surface area (Å²) in [6, 6.07) is 14.0. The molecule has 1 atom stereocenters. The van der Waals surface area contributed by atoms with Gasteiger partial charge in [-0.1, -0.05) is 18.2 Å². The molecule has 3 heterocycles. The zero-order chi connectivity index (χ0) is 19.6. The molecule has 6 heteroatoms. The van der Waals surface area contributed by atoms with Gasteiger partial charge in [-0.2, -0.15) is 0 Å². The third-order valence-electron chi connectivity index (χ3n) is 5.37. The maximum Gasteiger partial charge on any atom is 0.247 e. The van der Waals surface area contributed by atoms with E-state index in [9.17, 15) is 4.79 Å². The SMILES string of the molecule is O=C(/C=C/c1ccc2c(c1)OCCO2)N1CCCCC1c1nc2ccccc2s1. The fourth-order valence-electron chi connectivity index (χ4n) is 3.91. The highest BCUT2D eigenvalue weighted by Crippen LogP contribution is 2.36. The molecule has 3 aromatic rings. The number of nitrogens with zero attached hydrogens (tertiary/aromatic N) is 2. The molecule has 29 heavy (non-hydrogen) atoms. The van der Waals surface area contributed by atoms with E-state index >= 15 is 0 Å². The predicted molar refractivity (Wildman–Crippen MR) is 114 cm³/mol. The molecule has 0 saturated carbocycles. The van der Waals surface area contributed by atoms with Gasteiger partial charge in [-0.25, -0.2) is 4.98 Å². The number of rotatable bonds is 3. The van der Waals surface area contributed by atoms with Gasteiger partial charge in [-0.05, 0) is 55.2 Å². The number of fused-ring (bicyclic) bond motifs is 2. The summed E-state index contributed by atoms with van der Waals surface area (Å²) in [6.45, 7) is 1.89. The van der Waals surface area contributed by atoms with Gasteiger partial charge in [-0.15, -0.1) is 11.3 Å². The Hall–Kier alpha value is -2.86. The van der Waals surface area contributed by atoms with E-state index in [1.54, 1.807) is 17.4 Å². The lowest BCUT2D eigenvalue weighted by Crippen LogP contribution is -2.37. The summed E-state index contributed by atoms with van der Waals surface area (Å²) < 4.78 is 12.4. The minimum absolute atomic E-state index is 0.0313. The van der Waals surface area contributed by atoms with E-state index in [1.807, 2.05) is 47.4 Å². The van der Waals surface area contributed by atoms with Gasteiger partial charge in [0.1, 0.15) is 18.2 Å². The van der Waals surface area contributed by atoms with Crippen molar-refractivity contribution >= 4 is 33.5 Å². The topological polar surface area (TPSA) is 51.7 Å². The van der Waals surface area contributed by atoms with Crippen molar-refractivity contribution in [1.82, 2.24) is 9.88 Å². The average molecular weight is 407 g/mol. The lowest BCUT2D eigenvalue weighted by Gasteiger charge is -2.33. The number of hydrogen-bond donors (Lipinski definition) is 0. The number of carbonyl (C=O) groups is 1. The monoisotopic (exact) mass is 406 g/mol. The van der Waals surface area contributed by atoms with Gasteiger partial charge in [-0.3, -0.25) is 4.79 Å². The molecule has 5 nitrogen and oxygen atoms in total. The fraction of sp³-hybridized carbons (Fsp3) is 0.304. The van der Waals surface area contributed by atoms with Gasteiger partial charge in [0.2, 0.25) is 5.91 Å². The van der Waals surface area contributed by atoms with Crippen LogP contribution in [0.3, 0.4) is 0 Å². The number of likely N-dealkylation sites (tertiary alicyclic amines) is 1. The second-order valence-corrected chi connectivity index (χ2v) is 8.36. The molecule has 1 aromatic heterocycles. The van der Waals surface area contributed by atoms with Crippen LogP contribution in [-0.2, 0) is 4.79 Å². The molecule has 1 unspecified atom stereocenters. The quantitative estimate of drug-likeness (QED) is 0.585. The van der Waals surface area contributed by atoms with Crippen LogP contribution in [0.5, 0.6) is 11.5 Å². The third-order valence-corrected chi connectivity index (χ3v) is 6.50. The van der Waals surface area contributed by atoms with Crippen LogP contribution >= 0.6 is 11.3 Å². The highest BCUT2D eigenvalue weighted by molar-refractivity contribution is 7.18. The van der Waals surface area contributed by atoms with Crippen molar-refractivity contribution in [1.29, 1.82) is 0 Å². The molecule has 0 radical (unpaired) electrons. The molecule has 0 spiro atoms. The zero-order valence-electron chi connectivity index (χ0n) is 16.0. The number of carbonyl (C=O) groups excluding carboxylic acids is 1. The molecule has 0 N–H and O–H groups in total. The Morgan fingerprint density at radius 1 is 1.10 bits per heavy atom. The summed E-state index contributed by atoms with van der Waals surface area (Å²) in [5.74, 6) is 1.52. The minimum Gasteiger partial charge on any atom is -0.486 e. The first-order valence-corrected chi connectivity index (χ1v) is 10.8. The van der Waals surface area contributed by atoms with Crippen molar-refractivity contribution in [3.63, 3.8) is 0 Å². The van der Waals surface area contributed by atoms with E-state index in [1.165, 1.54) is 4.70 Å². The second kappa shape index (κ2) is 7.87. The Kier molecular flexibility index (Phi) is 4.94. The van der Waals surface area contributed by atoms with Gasteiger partial charge in [0, 0.05) is 12.6 Å². The van der Waals surface area contributed by atoms with Gasteiger partial charge >= 0.3 is 0 Å². The average Bonchev–Trinajstić information content (AvgIpc) is 3.21. The summed E-state index contributed by atoms with van der Waals surface area (Å²) in [5.41, 5.74) is 1.94. The van der Waals surface area contributed by atoms with Crippen LogP contribution in [0.4, 0.5) is 0 Å². The summed E-state index contributed by atoms with van der Waals surface area (Å²) in [6.07, 6.45) is 6.63. The lowest BCUT2D eigenvalue weighted by atomic mass is 10.0. The molecule has 2 aromatic carbocycles. The number of benzene rings is 2. The van der Waals surface area contributed by atoms with Crippen LogP contribution < -0.4 is 9.47 Å².